The molecular formula is C19H17N5O. The Balaban J connectivity index is 1.58. The first-order valence-electron chi connectivity index (χ1n) is 7.99. The number of aromatic nitrogens is 4. The highest BCUT2D eigenvalue weighted by molar-refractivity contribution is 6.06. The van der Waals surface area contributed by atoms with Crippen molar-refractivity contribution < 1.29 is 4.79 Å². The number of hydrogen-bond donors (Lipinski definition) is 3. The van der Waals surface area contributed by atoms with Crippen molar-refractivity contribution in [2.24, 2.45) is 0 Å². The van der Waals surface area contributed by atoms with Crippen LogP contribution in [0.25, 0.3) is 22.3 Å². The van der Waals surface area contributed by atoms with Crippen molar-refractivity contribution in [1.29, 1.82) is 0 Å². The van der Waals surface area contributed by atoms with Crippen LogP contribution in [0.1, 0.15) is 21.6 Å². The van der Waals surface area contributed by atoms with Crippen LogP contribution in [-0.4, -0.2) is 26.1 Å². The number of anilines is 1. The van der Waals surface area contributed by atoms with E-state index in [1.54, 1.807) is 12.3 Å². The van der Waals surface area contributed by atoms with Crippen LogP contribution in [0.2, 0.25) is 0 Å². The number of nitrogens with zero attached hydrogens (tertiary/aromatic N) is 2. The van der Waals surface area contributed by atoms with Crippen LogP contribution in [0.4, 0.5) is 5.82 Å². The number of amides is 1. The predicted molar refractivity (Wildman–Crippen MR) is 97.5 cm³/mol. The van der Waals surface area contributed by atoms with Gasteiger partial charge in [0.1, 0.15) is 5.69 Å². The molecule has 124 valence electrons. The van der Waals surface area contributed by atoms with Crippen molar-refractivity contribution in [3.63, 3.8) is 0 Å². The summed E-state index contributed by atoms with van der Waals surface area (Å²) in [5.74, 6) is 0.226. The summed E-state index contributed by atoms with van der Waals surface area (Å²) in [6.07, 6.45) is 1.71. The first-order valence-corrected chi connectivity index (χ1v) is 7.99. The Hall–Kier alpha value is -3.41. The van der Waals surface area contributed by atoms with Gasteiger partial charge in [0.2, 0.25) is 0 Å². The maximum atomic E-state index is 12.5. The fourth-order valence-electron chi connectivity index (χ4n) is 2.80. The van der Waals surface area contributed by atoms with Crippen LogP contribution >= 0.6 is 0 Å². The molecule has 0 atom stereocenters. The smallest absolute Gasteiger partial charge is 0.273 e. The lowest BCUT2D eigenvalue weighted by Gasteiger charge is -1.99. The van der Waals surface area contributed by atoms with Crippen molar-refractivity contribution in [1.82, 2.24) is 20.2 Å². The van der Waals surface area contributed by atoms with E-state index < -0.39 is 0 Å². The fraction of sp³-hybridized carbons (Fsp3) is 0.105. The predicted octanol–water partition coefficient (Wildman–Crippen LogP) is 3.82. The number of aromatic amines is 2. The molecule has 0 spiro atoms. The third kappa shape index (κ3) is 2.78. The Bertz CT molecular complexity index is 1060. The summed E-state index contributed by atoms with van der Waals surface area (Å²) < 4.78 is 0. The normalized spacial score (nSPS) is 11.0. The molecular weight excluding hydrogens is 314 g/mol. The highest BCUT2D eigenvalue weighted by Crippen LogP contribution is 2.23. The van der Waals surface area contributed by atoms with Crippen LogP contribution in [-0.2, 0) is 0 Å². The number of aryl methyl sites for hydroxylation is 2. The van der Waals surface area contributed by atoms with E-state index in [1.165, 1.54) is 11.1 Å². The molecule has 4 rings (SSSR count). The van der Waals surface area contributed by atoms with E-state index in [1.807, 2.05) is 36.4 Å². The van der Waals surface area contributed by atoms with Gasteiger partial charge < -0.3 is 10.3 Å². The molecule has 3 N–H and O–H groups in total. The Kier molecular flexibility index (Phi) is 3.57. The Labute approximate surface area is 144 Å². The van der Waals surface area contributed by atoms with E-state index in [0.29, 0.717) is 11.5 Å². The van der Waals surface area contributed by atoms with Crippen LogP contribution < -0.4 is 5.32 Å². The Morgan fingerprint density at radius 3 is 2.80 bits per heavy atom. The van der Waals surface area contributed by atoms with Gasteiger partial charge in [-0.25, -0.2) is 0 Å². The molecule has 0 aliphatic carbocycles. The molecule has 0 unspecified atom stereocenters. The van der Waals surface area contributed by atoms with E-state index in [9.17, 15) is 4.79 Å². The molecule has 3 heterocycles. The van der Waals surface area contributed by atoms with Gasteiger partial charge in [-0.05, 0) is 49.2 Å². The lowest BCUT2D eigenvalue weighted by Crippen LogP contribution is -2.12. The molecule has 1 amide bonds. The van der Waals surface area contributed by atoms with Gasteiger partial charge in [-0.3, -0.25) is 14.9 Å². The monoisotopic (exact) mass is 331 g/mol. The second-order valence-corrected chi connectivity index (χ2v) is 5.99. The summed E-state index contributed by atoms with van der Waals surface area (Å²) in [6, 6.07) is 13.3. The molecule has 0 aliphatic heterocycles. The molecule has 25 heavy (non-hydrogen) atoms. The Morgan fingerprint density at radius 2 is 2.00 bits per heavy atom. The van der Waals surface area contributed by atoms with Gasteiger partial charge in [0, 0.05) is 23.2 Å². The molecule has 0 bridgehead atoms. The van der Waals surface area contributed by atoms with E-state index in [-0.39, 0.29) is 5.91 Å². The zero-order valence-corrected chi connectivity index (χ0v) is 13.9. The van der Waals surface area contributed by atoms with Crippen LogP contribution in [0.15, 0.2) is 48.7 Å². The van der Waals surface area contributed by atoms with Gasteiger partial charge in [0.05, 0.1) is 11.4 Å². The zero-order chi connectivity index (χ0) is 17.4. The van der Waals surface area contributed by atoms with E-state index in [2.05, 4.69) is 39.3 Å². The minimum atomic E-state index is -0.229. The summed E-state index contributed by atoms with van der Waals surface area (Å²) in [4.78, 5) is 19.9. The van der Waals surface area contributed by atoms with Crippen molar-refractivity contribution in [3.05, 3.63) is 65.5 Å². The number of fused-ring (bicyclic) bond motifs is 1. The summed E-state index contributed by atoms with van der Waals surface area (Å²) in [7, 11) is 0. The number of rotatable bonds is 3. The van der Waals surface area contributed by atoms with Gasteiger partial charge in [-0.15, -0.1) is 0 Å². The lowest BCUT2D eigenvalue weighted by atomic mass is 10.1. The molecule has 0 saturated heterocycles. The minimum absolute atomic E-state index is 0.229. The van der Waals surface area contributed by atoms with E-state index >= 15 is 0 Å². The first kappa shape index (κ1) is 15.1. The van der Waals surface area contributed by atoms with Crippen LogP contribution in [0.5, 0.6) is 0 Å². The molecule has 4 aromatic rings. The van der Waals surface area contributed by atoms with Crippen molar-refractivity contribution in [2.45, 2.75) is 13.8 Å². The second kappa shape index (κ2) is 5.90. The molecule has 6 nitrogen and oxygen atoms in total. The first-order chi connectivity index (χ1) is 12.1. The number of pyridine rings is 1. The van der Waals surface area contributed by atoms with Crippen LogP contribution in [0, 0.1) is 13.8 Å². The molecule has 0 saturated carbocycles. The number of carbonyl (C=O) groups excluding carboxylic acids is 1. The zero-order valence-electron chi connectivity index (χ0n) is 13.9. The summed E-state index contributed by atoms with van der Waals surface area (Å²) in [5.41, 5.74) is 5.34. The van der Waals surface area contributed by atoms with Crippen molar-refractivity contribution in [3.8, 4) is 11.4 Å². The quantitative estimate of drug-likeness (QED) is 0.533. The summed E-state index contributed by atoms with van der Waals surface area (Å²) in [6.45, 7) is 4.12. The van der Waals surface area contributed by atoms with Crippen molar-refractivity contribution in [2.75, 3.05) is 5.32 Å². The third-order valence-electron chi connectivity index (χ3n) is 4.35. The molecule has 6 heteroatoms. The molecule has 0 aliphatic rings. The van der Waals surface area contributed by atoms with E-state index in [4.69, 9.17) is 0 Å². The fourth-order valence-corrected chi connectivity index (χ4v) is 2.80. The van der Waals surface area contributed by atoms with E-state index in [0.717, 1.165) is 22.3 Å². The van der Waals surface area contributed by atoms with Gasteiger partial charge in [-0.2, -0.15) is 5.10 Å². The molecule has 0 radical (unpaired) electrons. The molecule has 3 aromatic heterocycles. The molecule has 0 fully saturated rings. The summed E-state index contributed by atoms with van der Waals surface area (Å²) in [5, 5.41) is 10.9. The minimum Gasteiger partial charge on any atom is -0.351 e. The SMILES string of the molecule is Cc1ccc2[nH]c(C(=O)Nc3cc(-c4ccccn4)[nH]n3)cc2c1C. The van der Waals surface area contributed by atoms with Crippen molar-refractivity contribution >= 4 is 22.6 Å². The Morgan fingerprint density at radius 1 is 1.12 bits per heavy atom. The second-order valence-electron chi connectivity index (χ2n) is 5.99. The third-order valence-corrected chi connectivity index (χ3v) is 4.35. The summed E-state index contributed by atoms with van der Waals surface area (Å²) >= 11 is 0. The van der Waals surface area contributed by atoms with Gasteiger partial charge in [0.25, 0.3) is 5.91 Å². The topological polar surface area (TPSA) is 86.5 Å². The average molecular weight is 331 g/mol. The van der Waals surface area contributed by atoms with Crippen LogP contribution in [0.3, 0.4) is 0 Å². The highest BCUT2D eigenvalue weighted by atomic mass is 16.1. The maximum Gasteiger partial charge on any atom is 0.273 e. The number of benzene rings is 1. The number of carbonyl (C=O) groups is 1. The number of hydrogen-bond acceptors (Lipinski definition) is 3. The molecule has 1 aromatic carbocycles. The van der Waals surface area contributed by atoms with Gasteiger partial charge in [-0.1, -0.05) is 12.1 Å². The maximum absolute atomic E-state index is 12.5. The van der Waals surface area contributed by atoms with Gasteiger partial charge in [0.15, 0.2) is 5.82 Å². The standard InChI is InChI=1S/C19H17N5O/c1-11-6-7-14-13(12(11)2)9-17(21-14)19(25)22-18-10-16(23-24-18)15-5-3-4-8-20-15/h3-10,21H,1-2H3,(H2,22,23,24,25). The number of H-pyrrole nitrogens is 2. The lowest BCUT2D eigenvalue weighted by molar-refractivity contribution is 0.102. The van der Waals surface area contributed by atoms with Gasteiger partial charge >= 0.3 is 0 Å². The highest BCUT2D eigenvalue weighted by Gasteiger charge is 2.13. The largest absolute Gasteiger partial charge is 0.351 e. The average Bonchev–Trinajstić information content (AvgIpc) is 3.26. The number of nitrogens with one attached hydrogen (secondary N) is 3.